The van der Waals surface area contributed by atoms with Crippen molar-refractivity contribution in [2.45, 2.75) is 12.8 Å². The molecule has 0 amide bonds. The van der Waals surface area contributed by atoms with Crippen LogP contribution in [-0.2, 0) is 11.2 Å². The van der Waals surface area contributed by atoms with Crippen LogP contribution in [0.4, 0.5) is 0 Å². The molecular formula is C17H25N5O. The molecular weight excluding hydrogens is 290 g/mol. The van der Waals surface area contributed by atoms with Gasteiger partial charge >= 0.3 is 0 Å². The maximum atomic E-state index is 5.03. The molecule has 1 aromatic carbocycles. The van der Waals surface area contributed by atoms with E-state index in [0.717, 1.165) is 44.2 Å². The lowest BCUT2D eigenvalue weighted by molar-refractivity contribution is 0.195. The Morgan fingerprint density at radius 3 is 2.74 bits per heavy atom. The zero-order valence-corrected chi connectivity index (χ0v) is 13.8. The zero-order valence-electron chi connectivity index (χ0n) is 13.8. The Morgan fingerprint density at radius 1 is 1.22 bits per heavy atom. The Bertz CT molecular complexity index is 594. The highest BCUT2D eigenvalue weighted by molar-refractivity contribution is 5.79. The molecule has 0 radical (unpaired) electrons. The van der Waals surface area contributed by atoms with Crippen LogP contribution in [0.15, 0.2) is 47.7 Å². The van der Waals surface area contributed by atoms with Gasteiger partial charge in [-0.25, -0.2) is 4.68 Å². The molecule has 0 atom stereocenters. The molecule has 124 valence electrons. The lowest BCUT2D eigenvalue weighted by Crippen LogP contribution is -2.38. The number of methoxy groups -OCH3 is 1. The fourth-order valence-electron chi connectivity index (χ4n) is 2.18. The number of hydrogen-bond acceptors (Lipinski definition) is 3. The molecule has 0 spiro atoms. The molecule has 2 rings (SSSR count). The molecule has 1 heterocycles. The normalized spacial score (nSPS) is 11.5. The van der Waals surface area contributed by atoms with E-state index in [-0.39, 0.29) is 0 Å². The number of hydrogen-bond donors (Lipinski definition) is 2. The van der Waals surface area contributed by atoms with Gasteiger partial charge in [0.1, 0.15) is 0 Å². The lowest BCUT2D eigenvalue weighted by Gasteiger charge is -2.11. The van der Waals surface area contributed by atoms with Gasteiger partial charge in [-0.05, 0) is 30.5 Å². The Hall–Kier alpha value is -2.34. The molecule has 6 nitrogen and oxygen atoms in total. The molecule has 2 N–H and O–H groups in total. The molecule has 23 heavy (non-hydrogen) atoms. The zero-order chi connectivity index (χ0) is 16.3. The van der Waals surface area contributed by atoms with Gasteiger partial charge < -0.3 is 15.4 Å². The molecule has 0 bridgehead atoms. The van der Waals surface area contributed by atoms with Crippen LogP contribution in [0.2, 0.25) is 0 Å². The second-order valence-electron chi connectivity index (χ2n) is 5.15. The summed E-state index contributed by atoms with van der Waals surface area (Å²) in [5.74, 6) is 0.816. The van der Waals surface area contributed by atoms with Gasteiger partial charge in [0.15, 0.2) is 5.96 Å². The predicted molar refractivity (Wildman–Crippen MR) is 93.1 cm³/mol. The molecule has 1 aromatic heterocycles. The molecule has 0 aliphatic carbocycles. The number of nitrogens with one attached hydrogen (secondary N) is 2. The molecule has 0 fully saturated rings. The van der Waals surface area contributed by atoms with Gasteiger partial charge in [-0.1, -0.05) is 18.2 Å². The van der Waals surface area contributed by atoms with E-state index in [2.05, 4.69) is 26.9 Å². The minimum atomic E-state index is 0.753. The number of guanidine groups is 1. The minimum absolute atomic E-state index is 0.753. The first-order chi connectivity index (χ1) is 11.3. The van der Waals surface area contributed by atoms with Crippen LogP contribution in [0, 0.1) is 0 Å². The monoisotopic (exact) mass is 315 g/mol. The second-order valence-corrected chi connectivity index (χ2v) is 5.15. The summed E-state index contributed by atoms with van der Waals surface area (Å²) in [6.07, 6.45) is 5.82. The van der Waals surface area contributed by atoms with E-state index in [9.17, 15) is 0 Å². The van der Waals surface area contributed by atoms with Crippen molar-refractivity contribution in [1.82, 2.24) is 20.4 Å². The van der Waals surface area contributed by atoms with Crippen LogP contribution in [0.3, 0.4) is 0 Å². The Morgan fingerprint density at radius 2 is 2.00 bits per heavy atom. The Balaban J connectivity index is 1.75. The van der Waals surface area contributed by atoms with E-state index < -0.39 is 0 Å². The lowest BCUT2D eigenvalue weighted by atomic mass is 10.2. The Labute approximate surface area is 137 Å². The number of rotatable bonds is 8. The van der Waals surface area contributed by atoms with Crippen LogP contribution in [0.1, 0.15) is 12.0 Å². The van der Waals surface area contributed by atoms with E-state index >= 15 is 0 Å². The molecule has 6 heteroatoms. The number of benzene rings is 1. The van der Waals surface area contributed by atoms with Crippen molar-refractivity contribution in [3.63, 3.8) is 0 Å². The molecule has 0 saturated carbocycles. The van der Waals surface area contributed by atoms with Crippen molar-refractivity contribution in [1.29, 1.82) is 0 Å². The molecule has 0 unspecified atom stereocenters. The third-order valence-electron chi connectivity index (χ3n) is 3.40. The van der Waals surface area contributed by atoms with Gasteiger partial charge in [0, 0.05) is 40.1 Å². The summed E-state index contributed by atoms with van der Waals surface area (Å²) in [4.78, 5) is 4.20. The van der Waals surface area contributed by atoms with Crippen LogP contribution >= 0.6 is 0 Å². The molecule has 2 aromatic rings. The quantitative estimate of drug-likeness (QED) is 0.441. The van der Waals surface area contributed by atoms with Crippen molar-refractivity contribution in [3.8, 4) is 5.69 Å². The smallest absolute Gasteiger partial charge is 0.190 e. The average Bonchev–Trinajstić information content (AvgIpc) is 3.07. The van der Waals surface area contributed by atoms with Crippen LogP contribution in [-0.4, -0.2) is 49.6 Å². The first kappa shape index (κ1) is 17.0. The average molecular weight is 315 g/mol. The number of aliphatic imine (C=N–C) groups is 1. The number of ether oxygens (including phenoxy) is 1. The predicted octanol–water partition coefficient (Wildman–Crippen LogP) is 1.62. The van der Waals surface area contributed by atoms with Crippen molar-refractivity contribution in [2.75, 3.05) is 33.9 Å². The van der Waals surface area contributed by atoms with Crippen molar-refractivity contribution < 1.29 is 4.74 Å². The summed E-state index contributed by atoms with van der Waals surface area (Å²) in [5.41, 5.74) is 2.26. The van der Waals surface area contributed by atoms with Gasteiger partial charge in [-0.15, -0.1) is 0 Å². The van der Waals surface area contributed by atoms with Gasteiger partial charge in [0.25, 0.3) is 0 Å². The van der Waals surface area contributed by atoms with Gasteiger partial charge in [-0.2, -0.15) is 5.10 Å². The first-order valence-electron chi connectivity index (χ1n) is 7.86. The fourth-order valence-corrected chi connectivity index (χ4v) is 2.18. The molecule has 0 aliphatic heterocycles. The van der Waals surface area contributed by atoms with E-state index in [1.54, 1.807) is 14.2 Å². The standard InChI is InChI=1S/C17H25N5O/c1-18-17(19-10-6-12-23-2)20-11-9-15-13-21-22(14-15)16-7-4-3-5-8-16/h3-5,7-8,13-14H,6,9-12H2,1-2H3,(H2,18,19,20). The second kappa shape index (κ2) is 9.63. The highest BCUT2D eigenvalue weighted by Crippen LogP contribution is 2.07. The maximum absolute atomic E-state index is 5.03. The van der Waals surface area contributed by atoms with Crippen molar-refractivity contribution in [3.05, 3.63) is 48.3 Å². The fraction of sp³-hybridized carbons (Fsp3) is 0.412. The summed E-state index contributed by atoms with van der Waals surface area (Å²) >= 11 is 0. The summed E-state index contributed by atoms with van der Waals surface area (Å²) in [6.45, 7) is 2.41. The topological polar surface area (TPSA) is 63.5 Å². The molecule has 0 saturated heterocycles. The highest BCUT2D eigenvalue weighted by Gasteiger charge is 2.02. The van der Waals surface area contributed by atoms with E-state index in [1.165, 1.54) is 5.56 Å². The first-order valence-corrected chi connectivity index (χ1v) is 7.86. The van der Waals surface area contributed by atoms with Crippen LogP contribution < -0.4 is 10.6 Å². The van der Waals surface area contributed by atoms with Crippen molar-refractivity contribution in [2.24, 2.45) is 4.99 Å². The highest BCUT2D eigenvalue weighted by atomic mass is 16.5. The Kier molecular flexibility index (Phi) is 7.13. The van der Waals surface area contributed by atoms with E-state index in [1.807, 2.05) is 41.2 Å². The van der Waals surface area contributed by atoms with E-state index in [0.29, 0.717) is 0 Å². The molecule has 0 aliphatic rings. The number of para-hydroxylation sites is 1. The summed E-state index contributed by atoms with van der Waals surface area (Å²) < 4.78 is 6.92. The largest absolute Gasteiger partial charge is 0.385 e. The minimum Gasteiger partial charge on any atom is -0.385 e. The summed E-state index contributed by atoms with van der Waals surface area (Å²) in [6, 6.07) is 10.1. The maximum Gasteiger partial charge on any atom is 0.190 e. The van der Waals surface area contributed by atoms with Crippen LogP contribution in [0.5, 0.6) is 0 Å². The third kappa shape index (κ3) is 5.75. The van der Waals surface area contributed by atoms with Crippen molar-refractivity contribution >= 4 is 5.96 Å². The van der Waals surface area contributed by atoms with E-state index in [4.69, 9.17) is 4.74 Å². The summed E-state index contributed by atoms with van der Waals surface area (Å²) in [5, 5.41) is 11.0. The van der Waals surface area contributed by atoms with Gasteiger partial charge in [0.05, 0.1) is 11.9 Å². The number of nitrogens with zero attached hydrogens (tertiary/aromatic N) is 3. The van der Waals surface area contributed by atoms with Crippen LogP contribution in [0.25, 0.3) is 5.69 Å². The van der Waals surface area contributed by atoms with Gasteiger partial charge in [-0.3, -0.25) is 4.99 Å². The van der Waals surface area contributed by atoms with Gasteiger partial charge in [0.2, 0.25) is 0 Å². The third-order valence-corrected chi connectivity index (χ3v) is 3.40. The summed E-state index contributed by atoms with van der Waals surface area (Å²) in [7, 11) is 3.49. The SMILES string of the molecule is CN=C(NCCCOC)NCCc1cnn(-c2ccccc2)c1. The number of aromatic nitrogens is 2.